The maximum Gasteiger partial charge on any atom is 0.329 e. The van der Waals surface area contributed by atoms with Crippen LogP contribution in [0, 0.1) is 0 Å². The summed E-state index contributed by atoms with van der Waals surface area (Å²) in [6, 6.07) is 7.70. The monoisotopic (exact) mass is 425 g/mol. The lowest BCUT2D eigenvalue weighted by molar-refractivity contribution is -0.136. The number of hydrogen-bond donors (Lipinski definition) is 2. The first-order valence-corrected chi connectivity index (χ1v) is 8.54. The molecule has 8 nitrogen and oxygen atoms in total. The fourth-order valence-corrected chi connectivity index (χ4v) is 2.45. The molecule has 0 aliphatic carbocycles. The molecular weight excluding hydrogens is 409 g/mol. The molecule has 0 saturated heterocycles. The number of hydrogen-bond acceptors (Lipinski definition) is 6. The van der Waals surface area contributed by atoms with Gasteiger partial charge in [-0.3, -0.25) is 9.59 Å². The normalized spacial score (nSPS) is 10.5. The summed E-state index contributed by atoms with van der Waals surface area (Å²) in [5, 5.41) is 6.73. The van der Waals surface area contributed by atoms with Crippen LogP contribution in [0.3, 0.4) is 0 Å². The Hall–Kier alpha value is -2.97. The van der Waals surface area contributed by atoms with Crippen LogP contribution >= 0.6 is 23.2 Å². The summed E-state index contributed by atoms with van der Waals surface area (Å²) in [5.74, 6) is -0.610. The summed E-state index contributed by atoms with van der Waals surface area (Å²) in [6.07, 6.45) is 1.33. The molecule has 0 radical (unpaired) electrons. The average Bonchev–Trinajstić information content (AvgIpc) is 2.69. The van der Waals surface area contributed by atoms with Gasteiger partial charge in [-0.05, 0) is 30.3 Å². The maximum absolute atomic E-state index is 11.9. The molecule has 2 rings (SSSR count). The standard InChI is InChI=1S/C18H17Cl2N3O5/c1-26-14-6-10(7-15(27-2)16(14)28-3)9-21-23-18(25)17(24)22-11-4-5-12(19)13(20)8-11/h4-9H,1-3H3,(H,22,24)(H,23,25)/b21-9+. The lowest BCUT2D eigenvalue weighted by atomic mass is 10.2. The van der Waals surface area contributed by atoms with Crippen LogP contribution in [0.5, 0.6) is 17.2 Å². The fraction of sp³-hybridized carbons (Fsp3) is 0.167. The Labute approximate surface area is 171 Å². The van der Waals surface area contributed by atoms with Gasteiger partial charge >= 0.3 is 11.8 Å². The number of anilines is 1. The Balaban J connectivity index is 2.04. The largest absolute Gasteiger partial charge is 0.493 e. The van der Waals surface area contributed by atoms with E-state index in [9.17, 15) is 9.59 Å². The van der Waals surface area contributed by atoms with E-state index in [0.29, 0.717) is 33.5 Å². The maximum atomic E-state index is 11.9. The summed E-state index contributed by atoms with van der Waals surface area (Å²) < 4.78 is 15.7. The van der Waals surface area contributed by atoms with E-state index in [1.165, 1.54) is 45.7 Å². The molecule has 2 N–H and O–H groups in total. The molecule has 0 aliphatic rings. The third-order valence-electron chi connectivity index (χ3n) is 3.45. The zero-order chi connectivity index (χ0) is 20.7. The van der Waals surface area contributed by atoms with Gasteiger partial charge in [0.25, 0.3) is 0 Å². The molecule has 0 atom stereocenters. The first kappa shape index (κ1) is 21.3. The highest BCUT2D eigenvalue weighted by Gasteiger charge is 2.14. The van der Waals surface area contributed by atoms with Gasteiger partial charge in [-0.15, -0.1) is 0 Å². The highest BCUT2D eigenvalue weighted by atomic mass is 35.5. The minimum atomic E-state index is -0.963. The molecule has 148 valence electrons. The lowest BCUT2D eigenvalue weighted by Gasteiger charge is -2.12. The second-order valence-corrected chi connectivity index (χ2v) is 6.06. The molecule has 0 aromatic heterocycles. The van der Waals surface area contributed by atoms with E-state index in [1.807, 2.05) is 0 Å². The van der Waals surface area contributed by atoms with E-state index >= 15 is 0 Å². The van der Waals surface area contributed by atoms with E-state index in [4.69, 9.17) is 37.4 Å². The molecule has 0 saturated carbocycles. The van der Waals surface area contributed by atoms with Gasteiger partial charge in [0.05, 0.1) is 37.6 Å². The summed E-state index contributed by atoms with van der Waals surface area (Å²) in [4.78, 5) is 23.8. The predicted molar refractivity (Wildman–Crippen MR) is 107 cm³/mol. The Kier molecular flexibility index (Phi) is 7.48. The second-order valence-electron chi connectivity index (χ2n) is 5.24. The number of rotatable bonds is 6. The molecular formula is C18H17Cl2N3O5. The zero-order valence-electron chi connectivity index (χ0n) is 15.2. The van der Waals surface area contributed by atoms with Crippen molar-refractivity contribution in [1.82, 2.24) is 5.43 Å². The average molecular weight is 426 g/mol. The fourth-order valence-electron chi connectivity index (χ4n) is 2.15. The van der Waals surface area contributed by atoms with E-state index < -0.39 is 11.8 Å². The minimum Gasteiger partial charge on any atom is -0.493 e. The smallest absolute Gasteiger partial charge is 0.329 e. The topological polar surface area (TPSA) is 98.2 Å². The van der Waals surface area contributed by atoms with Gasteiger partial charge in [0.1, 0.15) is 0 Å². The number of nitrogens with zero attached hydrogens (tertiary/aromatic N) is 1. The number of nitrogens with one attached hydrogen (secondary N) is 2. The van der Waals surface area contributed by atoms with Crippen molar-refractivity contribution in [2.45, 2.75) is 0 Å². The number of ether oxygens (including phenoxy) is 3. The highest BCUT2D eigenvalue weighted by molar-refractivity contribution is 6.42. The summed E-state index contributed by atoms with van der Waals surface area (Å²) in [6.45, 7) is 0. The SMILES string of the molecule is COc1cc(/C=N/NC(=O)C(=O)Nc2ccc(Cl)c(Cl)c2)cc(OC)c1OC. The summed E-state index contributed by atoms with van der Waals surface area (Å²) in [5.41, 5.74) is 3.00. The van der Waals surface area contributed by atoms with Crippen LogP contribution in [-0.2, 0) is 9.59 Å². The number of benzene rings is 2. The van der Waals surface area contributed by atoms with Crippen molar-refractivity contribution in [2.24, 2.45) is 5.10 Å². The van der Waals surface area contributed by atoms with Crippen LogP contribution < -0.4 is 25.0 Å². The molecule has 0 heterocycles. The van der Waals surface area contributed by atoms with Gasteiger partial charge < -0.3 is 19.5 Å². The molecule has 0 spiro atoms. The number of hydrazone groups is 1. The van der Waals surface area contributed by atoms with Gasteiger partial charge in [0.2, 0.25) is 5.75 Å². The van der Waals surface area contributed by atoms with Crippen LogP contribution in [0.2, 0.25) is 10.0 Å². The molecule has 0 aliphatic heterocycles. The first-order chi connectivity index (χ1) is 13.4. The highest BCUT2D eigenvalue weighted by Crippen LogP contribution is 2.37. The van der Waals surface area contributed by atoms with Crippen LogP contribution in [0.4, 0.5) is 5.69 Å². The van der Waals surface area contributed by atoms with Gasteiger partial charge in [0.15, 0.2) is 11.5 Å². The zero-order valence-corrected chi connectivity index (χ0v) is 16.7. The van der Waals surface area contributed by atoms with Crippen molar-refractivity contribution >= 4 is 46.9 Å². The number of carbonyl (C=O) groups is 2. The van der Waals surface area contributed by atoms with Gasteiger partial charge in [-0.2, -0.15) is 5.10 Å². The van der Waals surface area contributed by atoms with E-state index in [0.717, 1.165) is 0 Å². The Bertz CT molecular complexity index is 893. The third-order valence-corrected chi connectivity index (χ3v) is 4.19. The minimum absolute atomic E-state index is 0.250. The van der Waals surface area contributed by atoms with Crippen molar-refractivity contribution < 1.29 is 23.8 Å². The van der Waals surface area contributed by atoms with Gasteiger partial charge in [-0.25, -0.2) is 5.43 Å². The van der Waals surface area contributed by atoms with Gasteiger partial charge in [0, 0.05) is 11.3 Å². The van der Waals surface area contributed by atoms with E-state index in [1.54, 1.807) is 12.1 Å². The van der Waals surface area contributed by atoms with Crippen molar-refractivity contribution in [1.29, 1.82) is 0 Å². The molecule has 10 heteroatoms. The number of carbonyl (C=O) groups excluding carboxylic acids is 2. The first-order valence-electron chi connectivity index (χ1n) is 7.79. The number of halogens is 2. The second kappa shape index (κ2) is 9.82. The quantitative estimate of drug-likeness (QED) is 0.420. The summed E-state index contributed by atoms with van der Waals surface area (Å²) >= 11 is 11.7. The number of amides is 2. The molecule has 2 aromatic rings. The van der Waals surface area contributed by atoms with Crippen molar-refractivity contribution in [3.8, 4) is 17.2 Å². The van der Waals surface area contributed by atoms with Crippen LogP contribution in [-0.4, -0.2) is 39.4 Å². The molecule has 0 bridgehead atoms. The Morgan fingerprint density at radius 2 is 1.57 bits per heavy atom. The van der Waals surface area contributed by atoms with Crippen molar-refractivity contribution in [2.75, 3.05) is 26.6 Å². The van der Waals surface area contributed by atoms with Crippen LogP contribution in [0.25, 0.3) is 0 Å². The predicted octanol–water partition coefficient (Wildman–Crippen LogP) is 3.11. The van der Waals surface area contributed by atoms with Crippen LogP contribution in [0.15, 0.2) is 35.4 Å². The Morgan fingerprint density at radius 3 is 2.11 bits per heavy atom. The van der Waals surface area contributed by atoms with E-state index in [-0.39, 0.29) is 5.02 Å². The van der Waals surface area contributed by atoms with Crippen LogP contribution in [0.1, 0.15) is 5.56 Å². The molecule has 0 unspecified atom stereocenters. The molecule has 0 fully saturated rings. The molecule has 2 aromatic carbocycles. The molecule has 28 heavy (non-hydrogen) atoms. The van der Waals surface area contributed by atoms with E-state index in [2.05, 4.69) is 15.8 Å². The molecule has 2 amide bonds. The summed E-state index contributed by atoms with van der Waals surface area (Å²) in [7, 11) is 4.45. The van der Waals surface area contributed by atoms with Crippen molar-refractivity contribution in [3.63, 3.8) is 0 Å². The van der Waals surface area contributed by atoms with Gasteiger partial charge in [-0.1, -0.05) is 23.2 Å². The van der Waals surface area contributed by atoms with Crippen molar-refractivity contribution in [3.05, 3.63) is 45.9 Å². The number of methoxy groups -OCH3 is 3. The Morgan fingerprint density at radius 1 is 0.929 bits per heavy atom. The lowest BCUT2D eigenvalue weighted by Crippen LogP contribution is -2.32. The third kappa shape index (κ3) is 5.28.